The van der Waals surface area contributed by atoms with Crippen molar-refractivity contribution in [3.05, 3.63) is 45.9 Å². The van der Waals surface area contributed by atoms with Crippen molar-refractivity contribution >= 4 is 27.0 Å². The molecule has 114 valence electrons. The van der Waals surface area contributed by atoms with Crippen LogP contribution >= 0.6 is 11.3 Å². The van der Waals surface area contributed by atoms with Gasteiger partial charge in [0.2, 0.25) is 0 Å². The molecule has 0 spiro atoms. The van der Waals surface area contributed by atoms with Gasteiger partial charge in [-0.3, -0.25) is 4.31 Å². The number of anilines is 1. The third-order valence-electron chi connectivity index (χ3n) is 3.11. The van der Waals surface area contributed by atoms with Crippen LogP contribution in [-0.4, -0.2) is 15.0 Å². The molecule has 0 radical (unpaired) electrons. The number of hydrogen-bond acceptors (Lipinski definition) is 4. The normalized spacial score (nSPS) is 11.6. The average Bonchev–Trinajstić information content (AvgIpc) is 2.81. The molecule has 4 nitrogen and oxygen atoms in total. The van der Waals surface area contributed by atoms with Gasteiger partial charge in [0.15, 0.2) is 0 Å². The number of nitrogens with zero attached hydrogens (tertiary/aromatic N) is 1. The lowest BCUT2D eigenvalue weighted by Gasteiger charge is -2.23. The van der Waals surface area contributed by atoms with Crippen LogP contribution in [0.4, 0.5) is 10.1 Å². The van der Waals surface area contributed by atoms with Gasteiger partial charge in [0, 0.05) is 18.0 Å². The summed E-state index contributed by atoms with van der Waals surface area (Å²) in [4.78, 5) is 0.850. The zero-order valence-corrected chi connectivity index (χ0v) is 13.5. The third kappa shape index (κ3) is 2.95. The molecule has 0 saturated carbocycles. The second-order valence-electron chi connectivity index (χ2n) is 4.52. The first-order chi connectivity index (χ1) is 9.91. The maximum Gasteiger partial charge on any atom is 0.265 e. The highest BCUT2D eigenvalue weighted by molar-refractivity contribution is 7.93. The van der Waals surface area contributed by atoms with Crippen LogP contribution in [0.2, 0.25) is 0 Å². The van der Waals surface area contributed by atoms with Crippen molar-refractivity contribution in [2.75, 3.05) is 10.8 Å². The second-order valence-corrected chi connectivity index (χ2v) is 7.29. The van der Waals surface area contributed by atoms with E-state index >= 15 is 0 Å². The molecule has 1 aromatic heterocycles. The van der Waals surface area contributed by atoms with Crippen LogP contribution in [0.25, 0.3) is 0 Å². The highest BCUT2D eigenvalue weighted by Crippen LogP contribution is 2.31. The molecule has 0 fully saturated rings. The molecule has 0 atom stereocenters. The van der Waals surface area contributed by atoms with E-state index in [2.05, 4.69) is 0 Å². The number of hydrogen-bond donors (Lipinski definition) is 1. The van der Waals surface area contributed by atoms with E-state index in [1.54, 1.807) is 25.3 Å². The molecule has 0 amide bonds. The van der Waals surface area contributed by atoms with E-state index in [1.165, 1.54) is 33.8 Å². The number of sulfonamides is 1. The largest absolute Gasteiger partial charge is 0.326 e. The van der Waals surface area contributed by atoms with Crippen molar-refractivity contribution in [2.45, 2.75) is 25.3 Å². The Kier molecular flexibility index (Phi) is 4.65. The standard InChI is InChI=1S/C14H17FN2O2S2/c1-3-17(12-6-4-5-11(15)7-12)21(18,19)14-10(2)9-20-13(14)8-16/h4-7,9H,3,8,16H2,1-2H3. The molecule has 1 heterocycles. The number of halogens is 1. The van der Waals surface area contributed by atoms with E-state index in [0.717, 1.165) is 0 Å². The van der Waals surface area contributed by atoms with E-state index in [0.29, 0.717) is 16.1 Å². The van der Waals surface area contributed by atoms with Crippen molar-refractivity contribution in [3.63, 3.8) is 0 Å². The number of nitrogens with two attached hydrogens (primary N) is 1. The molecule has 0 saturated heterocycles. The van der Waals surface area contributed by atoms with E-state index in [9.17, 15) is 12.8 Å². The second kappa shape index (κ2) is 6.13. The zero-order chi connectivity index (χ0) is 15.6. The first-order valence-corrected chi connectivity index (χ1v) is 8.79. The summed E-state index contributed by atoms with van der Waals surface area (Å²) >= 11 is 1.32. The van der Waals surface area contributed by atoms with Crippen molar-refractivity contribution < 1.29 is 12.8 Å². The maximum absolute atomic E-state index is 13.4. The average molecular weight is 328 g/mol. The minimum Gasteiger partial charge on any atom is -0.326 e. The van der Waals surface area contributed by atoms with Crippen molar-refractivity contribution in [3.8, 4) is 0 Å². The Morgan fingerprint density at radius 3 is 2.67 bits per heavy atom. The summed E-state index contributed by atoms with van der Waals surface area (Å²) in [6.07, 6.45) is 0. The highest BCUT2D eigenvalue weighted by atomic mass is 32.2. The summed E-state index contributed by atoms with van der Waals surface area (Å²) < 4.78 is 40.4. The predicted octanol–water partition coefficient (Wildman–Crippen LogP) is 2.87. The first-order valence-electron chi connectivity index (χ1n) is 6.47. The molecule has 2 rings (SSSR count). The summed E-state index contributed by atoms with van der Waals surface area (Å²) in [6.45, 7) is 3.83. The van der Waals surface area contributed by atoms with Gasteiger partial charge in [-0.25, -0.2) is 12.8 Å². The zero-order valence-electron chi connectivity index (χ0n) is 11.8. The SMILES string of the molecule is CCN(c1cccc(F)c1)S(=O)(=O)c1c(C)csc1CN. The van der Waals surface area contributed by atoms with Crippen LogP contribution < -0.4 is 10.0 Å². The summed E-state index contributed by atoms with van der Waals surface area (Å²) in [6, 6.07) is 5.57. The topological polar surface area (TPSA) is 63.4 Å². The van der Waals surface area contributed by atoms with Gasteiger partial charge < -0.3 is 5.73 Å². The van der Waals surface area contributed by atoms with Gasteiger partial charge in [-0.05, 0) is 43.0 Å². The Bertz CT molecular complexity index is 741. The Morgan fingerprint density at radius 2 is 2.10 bits per heavy atom. The van der Waals surface area contributed by atoms with Crippen molar-refractivity contribution in [1.82, 2.24) is 0 Å². The van der Waals surface area contributed by atoms with Crippen LogP contribution in [0.1, 0.15) is 17.4 Å². The molecular weight excluding hydrogens is 311 g/mol. The van der Waals surface area contributed by atoms with E-state index in [4.69, 9.17) is 5.73 Å². The molecule has 1 aromatic carbocycles. The Morgan fingerprint density at radius 1 is 1.38 bits per heavy atom. The van der Waals surface area contributed by atoms with Gasteiger partial charge in [0.25, 0.3) is 10.0 Å². The molecule has 2 aromatic rings. The smallest absolute Gasteiger partial charge is 0.265 e. The number of thiophene rings is 1. The van der Waals surface area contributed by atoms with Gasteiger partial charge in [0.1, 0.15) is 10.7 Å². The van der Waals surface area contributed by atoms with E-state index in [-0.39, 0.29) is 18.0 Å². The lowest BCUT2D eigenvalue weighted by molar-refractivity contribution is 0.590. The van der Waals surface area contributed by atoms with Crippen molar-refractivity contribution in [1.29, 1.82) is 0 Å². The molecule has 2 N–H and O–H groups in total. The molecule has 0 aliphatic heterocycles. The minimum atomic E-state index is -3.75. The number of rotatable bonds is 5. The quantitative estimate of drug-likeness (QED) is 0.918. The lowest BCUT2D eigenvalue weighted by atomic mass is 10.3. The molecule has 0 aliphatic rings. The number of benzene rings is 1. The van der Waals surface area contributed by atoms with Crippen LogP contribution in [0.15, 0.2) is 34.5 Å². The fourth-order valence-corrected chi connectivity index (χ4v) is 5.33. The van der Waals surface area contributed by atoms with Crippen LogP contribution in [-0.2, 0) is 16.6 Å². The monoisotopic (exact) mass is 328 g/mol. The van der Waals surface area contributed by atoms with Crippen LogP contribution in [0.5, 0.6) is 0 Å². The van der Waals surface area contributed by atoms with Crippen molar-refractivity contribution in [2.24, 2.45) is 5.73 Å². The molecule has 0 bridgehead atoms. The van der Waals surface area contributed by atoms with E-state index in [1.807, 2.05) is 0 Å². The maximum atomic E-state index is 13.4. The fourth-order valence-electron chi connectivity index (χ4n) is 2.21. The van der Waals surface area contributed by atoms with E-state index < -0.39 is 15.8 Å². The van der Waals surface area contributed by atoms with Gasteiger partial charge in [-0.1, -0.05) is 6.07 Å². The summed E-state index contributed by atoms with van der Waals surface area (Å²) in [5.74, 6) is -0.470. The summed E-state index contributed by atoms with van der Waals surface area (Å²) in [5.41, 5.74) is 6.61. The Balaban J connectivity index is 2.57. The van der Waals surface area contributed by atoms with Gasteiger partial charge in [-0.2, -0.15) is 0 Å². The molecule has 0 unspecified atom stereocenters. The van der Waals surface area contributed by atoms with Gasteiger partial charge >= 0.3 is 0 Å². The first kappa shape index (κ1) is 15.9. The Labute approximate surface area is 128 Å². The summed E-state index contributed by atoms with van der Waals surface area (Å²) in [7, 11) is -3.75. The van der Waals surface area contributed by atoms with Crippen LogP contribution in [0, 0.1) is 12.7 Å². The lowest BCUT2D eigenvalue weighted by Crippen LogP contribution is -2.31. The third-order valence-corrected chi connectivity index (χ3v) is 6.50. The number of aryl methyl sites for hydroxylation is 1. The van der Waals surface area contributed by atoms with Gasteiger partial charge in [0.05, 0.1) is 5.69 Å². The highest BCUT2D eigenvalue weighted by Gasteiger charge is 2.29. The van der Waals surface area contributed by atoms with Gasteiger partial charge in [-0.15, -0.1) is 11.3 Å². The fraction of sp³-hybridized carbons (Fsp3) is 0.286. The summed E-state index contributed by atoms with van der Waals surface area (Å²) in [5, 5.41) is 1.77. The molecule has 21 heavy (non-hydrogen) atoms. The minimum absolute atomic E-state index is 0.160. The molecule has 0 aliphatic carbocycles. The van der Waals surface area contributed by atoms with Crippen LogP contribution in [0.3, 0.4) is 0 Å². The Hall–Kier alpha value is -1.44. The molecular formula is C14H17FN2O2S2. The molecule has 7 heteroatoms. The predicted molar refractivity (Wildman–Crippen MR) is 83.6 cm³/mol.